The molecule has 1 amide bonds. The van der Waals surface area contributed by atoms with E-state index in [9.17, 15) is 18.8 Å². The molecule has 0 aliphatic heterocycles. The number of aromatic amines is 1. The minimum Gasteiger partial charge on any atom is -0.484 e. The molecule has 0 bridgehead atoms. The van der Waals surface area contributed by atoms with Gasteiger partial charge in [0.05, 0.1) is 24.7 Å². The number of aromatic nitrogens is 2. The Balaban J connectivity index is 1.97. The number of ether oxygens (including phenoxy) is 2. The number of nitrogen functional groups attached to an aromatic ring is 1. The molecule has 0 unspecified atom stereocenters. The van der Waals surface area contributed by atoms with Crippen LogP contribution in [-0.2, 0) is 22.6 Å². The van der Waals surface area contributed by atoms with Crippen molar-refractivity contribution in [1.29, 1.82) is 0 Å². The number of H-pyrrole nitrogens is 1. The molecule has 33 heavy (non-hydrogen) atoms. The smallest absolute Gasteiger partial charge is 0.330 e. The maximum absolute atomic E-state index is 13.4. The zero-order valence-electron chi connectivity index (χ0n) is 17.7. The van der Waals surface area contributed by atoms with E-state index in [1.165, 1.54) is 19.2 Å². The second kappa shape index (κ2) is 10.8. The molecule has 0 fully saturated rings. The van der Waals surface area contributed by atoms with Gasteiger partial charge in [-0.15, -0.1) is 0 Å². The number of carbonyl (C=O) groups is 1. The van der Waals surface area contributed by atoms with E-state index in [2.05, 4.69) is 4.98 Å². The van der Waals surface area contributed by atoms with E-state index in [0.717, 1.165) is 15.5 Å². The Hall–Kier alpha value is -3.63. The first kappa shape index (κ1) is 24.0. The Labute approximate surface area is 193 Å². The Morgan fingerprint density at radius 1 is 1.21 bits per heavy atom. The molecule has 3 N–H and O–H groups in total. The van der Waals surface area contributed by atoms with Gasteiger partial charge in [0.2, 0.25) is 0 Å². The summed E-state index contributed by atoms with van der Waals surface area (Å²) < 4.78 is 25.0. The summed E-state index contributed by atoms with van der Waals surface area (Å²) in [6.45, 7) is -0.270. The number of nitrogens with zero attached hydrogens (tertiary/aromatic N) is 2. The molecule has 3 aromatic rings. The maximum atomic E-state index is 13.4. The van der Waals surface area contributed by atoms with Crippen molar-refractivity contribution in [2.75, 3.05) is 31.0 Å². The largest absolute Gasteiger partial charge is 0.484 e. The summed E-state index contributed by atoms with van der Waals surface area (Å²) >= 11 is 5.76. The molecule has 0 saturated carbocycles. The first-order valence-corrected chi connectivity index (χ1v) is 10.2. The topological polar surface area (TPSA) is 120 Å². The molecule has 0 saturated heterocycles. The molecular weight excluding hydrogens is 455 g/mol. The van der Waals surface area contributed by atoms with Crippen molar-refractivity contribution < 1.29 is 18.7 Å². The van der Waals surface area contributed by atoms with Gasteiger partial charge >= 0.3 is 5.69 Å². The number of anilines is 2. The molecule has 3 rings (SSSR count). The predicted octanol–water partition coefficient (Wildman–Crippen LogP) is 2.17. The SMILES string of the molecule is COCCn1c(N)c(N(Cc2ccccc2)C(=O)COc2ccc(F)c(Cl)c2)c(=O)[nH]c1=O. The van der Waals surface area contributed by atoms with Crippen molar-refractivity contribution in [3.8, 4) is 5.75 Å². The van der Waals surface area contributed by atoms with Crippen LogP contribution in [0, 0.1) is 5.82 Å². The minimum absolute atomic E-state index is 0.0109. The van der Waals surface area contributed by atoms with Gasteiger partial charge in [-0.2, -0.15) is 0 Å². The van der Waals surface area contributed by atoms with Crippen molar-refractivity contribution in [2.45, 2.75) is 13.1 Å². The van der Waals surface area contributed by atoms with Crippen LogP contribution in [0.1, 0.15) is 5.56 Å². The van der Waals surface area contributed by atoms with Gasteiger partial charge in [0, 0.05) is 13.2 Å². The normalized spacial score (nSPS) is 10.8. The van der Waals surface area contributed by atoms with Crippen LogP contribution in [0.4, 0.5) is 15.9 Å². The third kappa shape index (κ3) is 5.79. The second-order valence-electron chi connectivity index (χ2n) is 6.97. The Kier molecular flexibility index (Phi) is 7.86. The summed E-state index contributed by atoms with van der Waals surface area (Å²) in [6.07, 6.45) is 0. The van der Waals surface area contributed by atoms with E-state index < -0.39 is 29.6 Å². The highest BCUT2D eigenvalue weighted by atomic mass is 35.5. The molecular formula is C22H22ClFN4O5. The minimum atomic E-state index is -0.819. The van der Waals surface area contributed by atoms with Crippen LogP contribution in [0.3, 0.4) is 0 Å². The Bertz CT molecular complexity index is 1250. The average molecular weight is 477 g/mol. The van der Waals surface area contributed by atoms with Gasteiger partial charge in [0.15, 0.2) is 12.3 Å². The van der Waals surface area contributed by atoms with E-state index in [1.54, 1.807) is 24.3 Å². The van der Waals surface area contributed by atoms with Gasteiger partial charge in [0.25, 0.3) is 11.5 Å². The van der Waals surface area contributed by atoms with Crippen LogP contribution in [0.25, 0.3) is 0 Å². The van der Waals surface area contributed by atoms with E-state index >= 15 is 0 Å². The molecule has 0 aliphatic rings. The van der Waals surface area contributed by atoms with Crippen LogP contribution in [0.15, 0.2) is 58.1 Å². The lowest BCUT2D eigenvalue weighted by molar-refractivity contribution is -0.120. The molecule has 2 aromatic carbocycles. The molecule has 1 aromatic heterocycles. The van der Waals surface area contributed by atoms with Crippen LogP contribution < -0.4 is 26.6 Å². The highest BCUT2D eigenvalue weighted by molar-refractivity contribution is 6.30. The van der Waals surface area contributed by atoms with Gasteiger partial charge < -0.3 is 15.2 Å². The molecule has 0 aliphatic carbocycles. The van der Waals surface area contributed by atoms with E-state index in [0.29, 0.717) is 5.56 Å². The molecule has 0 spiro atoms. The first-order valence-electron chi connectivity index (χ1n) is 9.85. The maximum Gasteiger partial charge on any atom is 0.330 e. The van der Waals surface area contributed by atoms with Crippen molar-refractivity contribution in [3.05, 3.63) is 85.8 Å². The second-order valence-corrected chi connectivity index (χ2v) is 7.37. The number of amides is 1. The molecule has 0 atom stereocenters. The fraction of sp³-hybridized carbons (Fsp3) is 0.227. The van der Waals surface area contributed by atoms with Crippen LogP contribution in [0.2, 0.25) is 5.02 Å². The van der Waals surface area contributed by atoms with Gasteiger partial charge in [0.1, 0.15) is 17.4 Å². The highest BCUT2D eigenvalue weighted by Gasteiger charge is 2.25. The lowest BCUT2D eigenvalue weighted by Gasteiger charge is -2.24. The highest BCUT2D eigenvalue weighted by Crippen LogP contribution is 2.23. The lowest BCUT2D eigenvalue weighted by Crippen LogP contribution is -2.42. The number of benzene rings is 2. The number of rotatable bonds is 9. The van der Waals surface area contributed by atoms with Crippen molar-refractivity contribution >= 4 is 29.0 Å². The fourth-order valence-electron chi connectivity index (χ4n) is 3.09. The molecule has 11 heteroatoms. The Morgan fingerprint density at radius 2 is 1.94 bits per heavy atom. The number of nitrogens with one attached hydrogen (secondary N) is 1. The quantitative estimate of drug-likeness (QED) is 0.488. The third-order valence-electron chi connectivity index (χ3n) is 4.74. The standard InChI is InChI=1S/C22H22ClFN4O5/c1-32-10-9-27-20(25)19(21(30)26-22(27)31)28(12-14-5-3-2-4-6-14)18(29)13-33-15-7-8-17(24)16(23)11-15/h2-8,11H,9-10,12-13,25H2,1H3,(H,26,30,31). The van der Waals surface area contributed by atoms with Gasteiger partial charge in [-0.3, -0.25) is 24.0 Å². The van der Waals surface area contributed by atoms with Crippen LogP contribution in [0.5, 0.6) is 5.75 Å². The van der Waals surface area contributed by atoms with E-state index in [4.69, 9.17) is 26.8 Å². The number of nitrogens with two attached hydrogens (primary N) is 1. The zero-order chi connectivity index (χ0) is 24.0. The Morgan fingerprint density at radius 3 is 2.61 bits per heavy atom. The van der Waals surface area contributed by atoms with Crippen LogP contribution in [-0.4, -0.2) is 35.8 Å². The molecule has 1 heterocycles. The first-order chi connectivity index (χ1) is 15.8. The average Bonchev–Trinajstić information content (AvgIpc) is 2.79. The van der Waals surface area contributed by atoms with Crippen molar-refractivity contribution in [1.82, 2.24) is 9.55 Å². The number of carbonyl (C=O) groups excluding carboxylic acids is 1. The van der Waals surface area contributed by atoms with Gasteiger partial charge in [-0.25, -0.2) is 9.18 Å². The summed E-state index contributed by atoms with van der Waals surface area (Å²) in [5.41, 5.74) is 5.13. The zero-order valence-corrected chi connectivity index (χ0v) is 18.5. The van der Waals surface area contributed by atoms with Gasteiger partial charge in [-0.1, -0.05) is 41.9 Å². The monoisotopic (exact) mass is 476 g/mol. The summed E-state index contributed by atoms with van der Waals surface area (Å²) in [5.74, 6) is -1.26. The van der Waals surface area contributed by atoms with E-state index in [1.807, 2.05) is 6.07 Å². The summed E-state index contributed by atoms with van der Waals surface area (Å²) in [5, 5.41) is -0.160. The van der Waals surface area contributed by atoms with Crippen molar-refractivity contribution in [2.24, 2.45) is 0 Å². The molecule has 174 valence electrons. The van der Waals surface area contributed by atoms with Crippen molar-refractivity contribution in [3.63, 3.8) is 0 Å². The van der Waals surface area contributed by atoms with Crippen LogP contribution >= 0.6 is 11.6 Å². The summed E-state index contributed by atoms with van der Waals surface area (Å²) in [6, 6.07) is 12.6. The third-order valence-corrected chi connectivity index (χ3v) is 5.03. The number of methoxy groups -OCH3 is 1. The lowest BCUT2D eigenvalue weighted by atomic mass is 10.2. The number of halogens is 2. The van der Waals surface area contributed by atoms with Gasteiger partial charge in [-0.05, 0) is 17.7 Å². The summed E-state index contributed by atoms with van der Waals surface area (Å²) in [4.78, 5) is 41.4. The van der Waals surface area contributed by atoms with E-state index in [-0.39, 0.29) is 42.0 Å². The fourth-order valence-corrected chi connectivity index (χ4v) is 3.26. The predicted molar refractivity (Wildman–Crippen MR) is 122 cm³/mol. The summed E-state index contributed by atoms with van der Waals surface area (Å²) in [7, 11) is 1.46. The molecule has 9 nitrogen and oxygen atoms in total. The number of hydrogen-bond donors (Lipinski definition) is 2. The number of hydrogen-bond acceptors (Lipinski definition) is 6. The molecule has 0 radical (unpaired) electrons.